The van der Waals surface area contributed by atoms with Gasteiger partial charge in [-0.2, -0.15) is 0 Å². The molecule has 0 saturated carbocycles. The Kier molecular flexibility index (Phi) is 9.25. The number of benzene rings is 4. The molecule has 0 bridgehead atoms. The van der Waals surface area contributed by atoms with Crippen LogP contribution in [0.1, 0.15) is 35.1 Å². The van der Waals surface area contributed by atoms with Crippen molar-refractivity contribution in [2.24, 2.45) is 0 Å². The number of rotatable bonds is 10. The Hall–Kier alpha value is -4.89. The molecule has 0 aliphatic rings. The second-order valence-electron chi connectivity index (χ2n) is 8.76. The molecule has 0 aliphatic carbocycles. The average molecular weight is 499 g/mol. The molecule has 0 saturated heterocycles. The van der Waals surface area contributed by atoms with Crippen molar-refractivity contribution in [2.75, 3.05) is 0 Å². The first kappa shape index (κ1) is 26.2. The molecule has 0 amide bonds. The highest BCUT2D eigenvalue weighted by molar-refractivity contribution is 6.42. The molecule has 38 heavy (non-hydrogen) atoms. The average Bonchev–Trinajstić information content (AvgIpc) is 2.95. The summed E-state index contributed by atoms with van der Waals surface area (Å²) in [5.74, 6) is 0.164. The third-order valence-electron chi connectivity index (χ3n) is 5.98. The van der Waals surface area contributed by atoms with Crippen molar-refractivity contribution < 1.29 is 15.0 Å². The van der Waals surface area contributed by atoms with Crippen LogP contribution in [0.15, 0.2) is 133 Å². The lowest BCUT2D eigenvalue weighted by molar-refractivity contribution is -0.108. The van der Waals surface area contributed by atoms with Gasteiger partial charge in [-0.15, -0.1) is 0 Å². The lowest BCUT2D eigenvalue weighted by Crippen LogP contribution is -2.06. The van der Waals surface area contributed by atoms with Gasteiger partial charge in [0.25, 0.3) is 0 Å². The Morgan fingerprint density at radius 3 is 1.26 bits per heavy atom. The van der Waals surface area contributed by atoms with Gasteiger partial charge in [-0.3, -0.25) is 4.79 Å². The summed E-state index contributed by atoms with van der Waals surface area (Å²) in [6.45, 7) is 0. The number of carbonyl (C=O) groups is 1. The maximum Gasteiger partial charge on any atom is 0.193 e. The van der Waals surface area contributed by atoms with Crippen LogP contribution < -0.4 is 0 Å². The van der Waals surface area contributed by atoms with Crippen molar-refractivity contribution in [2.45, 2.75) is 12.8 Å². The van der Waals surface area contributed by atoms with Gasteiger partial charge in [0, 0.05) is 11.1 Å². The minimum absolute atomic E-state index is 0.123. The van der Waals surface area contributed by atoms with E-state index in [1.807, 2.05) is 97.1 Å². The Labute approximate surface area is 224 Å². The molecule has 0 heterocycles. The van der Waals surface area contributed by atoms with Crippen LogP contribution in [0.4, 0.5) is 0 Å². The van der Waals surface area contributed by atoms with Crippen LogP contribution in [0.3, 0.4) is 0 Å². The molecule has 4 aromatic rings. The summed E-state index contributed by atoms with van der Waals surface area (Å²) in [5, 5.41) is 19.6. The zero-order valence-electron chi connectivity index (χ0n) is 21.1. The minimum atomic E-state index is -0.123. The number of hydrogen-bond donors (Lipinski definition) is 2. The molecule has 0 aliphatic heterocycles. The molecule has 4 rings (SSSR count). The molecule has 0 aromatic heterocycles. The monoisotopic (exact) mass is 498 g/mol. The zero-order chi connectivity index (χ0) is 26.6. The molecule has 188 valence electrons. The number of Topliss-reactive ketones (excluding diaryl/α,β-unsaturated/α-hetero) is 1. The van der Waals surface area contributed by atoms with E-state index in [0.717, 1.165) is 22.3 Å². The summed E-state index contributed by atoms with van der Waals surface area (Å²) in [6, 6.07) is 33.4. The van der Waals surface area contributed by atoms with Crippen molar-refractivity contribution in [1.29, 1.82) is 0 Å². The fourth-order valence-corrected chi connectivity index (χ4v) is 4.02. The fraction of sp³-hybridized carbons (Fsp3) is 0.0571. The topological polar surface area (TPSA) is 57.5 Å². The minimum Gasteiger partial charge on any atom is -0.508 e. The molecule has 2 N–H and O–H groups in total. The number of ketones is 1. The molecule has 3 nitrogen and oxygen atoms in total. The standard InChI is InChI=1S/C35H30O3/c36-31-23-19-29(20-24-31)33(17-9-7-15-27-11-3-1-4-12-27)35(38)34(30-21-25-32(37)26-22-30)18-10-8-16-28-13-5-2-6-14-28/h1-8,11-26,36-37H,9-10H2. The quantitative estimate of drug-likeness (QED) is 0.216. The van der Waals surface area contributed by atoms with Gasteiger partial charge in [0.15, 0.2) is 5.78 Å². The van der Waals surface area contributed by atoms with Crippen LogP contribution in [0, 0.1) is 0 Å². The van der Waals surface area contributed by atoms with Gasteiger partial charge in [0.05, 0.1) is 0 Å². The lowest BCUT2D eigenvalue weighted by atomic mass is 9.91. The van der Waals surface area contributed by atoms with E-state index in [2.05, 4.69) is 0 Å². The molecule has 0 fully saturated rings. The Bertz CT molecular complexity index is 1330. The van der Waals surface area contributed by atoms with Crippen LogP contribution in [-0.2, 0) is 4.79 Å². The van der Waals surface area contributed by atoms with Crippen LogP contribution in [0.5, 0.6) is 11.5 Å². The summed E-state index contributed by atoms with van der Waals surface area (Å²) in [4.78, 5) is 14.0. The van der Waals surface area contributed by atoms with Gasteiger partial charge in [0.2, 0.25) is 0 Å². The first-order valence-corrected chi connectivity index (χ1v) is 12.6. The number of phenolic OH excluding ortho intramolecular Hbond substituents is 2. The van der Waals surface area contributed by atoms with Crippen LogP contribution >= 0.6 is 0 Å². The molecular weight excluding hydrogens is 468 g/mol. The van der Waals surface area contributed by atoms with Gasteiger partial charge in [-0.1, -0.05) is 121 Å². The summed E-state index contributed by atoms with van der Waals surface area (Å²) in [5.41, 5.74) is 4.74. The van der Waals surface area contributed by atoms with E-state index in [4.69, 9.17) is 0 Å². The number of hydrogen-bond acceptors (Lipinski definition) is 3. The Morgan fingerprint density at radius 1 is 0.526 bits per heavy atom. The first-order valence-electron chi connectivity index (χ1n) is 12.6. The van der Waals surface area contributed by atoms with Crippen molar-refractivity contribution in [1.82, 2.24) is 0 Å². The molecule has 0 unspecified atom stereocenters. The third-order valence-corrected chi connectivity index (χ3v) is 5.98. The van der Waals surface area contributed by atoms with Crippen molar-refractivity contribution in [3.8, 4) is 11.5 Å². The van der Waals surface area contributed by atoms with E-state index in [0.29, 0.717) is 24.0 Å². The largest absolute Gasteiger partial charge is 0.508 e. The zero-order valence-corrected chi connectivity index (χ0v) is 21.1. The van der Waals surface area contributed by atoms with E-state index in [1.54, 1.807) is 48.5 Å². The summed E-state index contributed by atoms with van der Waals surface area (Å²) in [7, 11) is 0. The van der Waals surface area contributed by atoms with Crippen molar-refractivity contribution in [3.63, 3.8) is 0 Å². The second-order valence-corrected chi connectivity index (χ2v) is 8.76. The van der Waals surface area contributed by atoms with Crippen molar-refractivity contribution in [3.05, 3.63) is 156 Å². The van der Waals surface area contributed by atoms with Crippen LogP contribution in [0.2, 0.25) is 0 Å². The predicted molar refractivity (Wildman–Crippen MR) is 157 cm³/mol. The summed E-state index contributed by atoms with van der Waals surface area (Å²) >= 11 is 0. The normalized spacial score (nSPS) is 12.3. The highest BCUT2D eigenvalue weighted by Gasteiger charge is 2.18. The second kappa shape index (κ2) is 13.4. The van der Waals surface area contributed by atoms with Crippen LogP contribution in [-0.4, -0.2) is 16.0 Å². The lowest BCUT2D eigenvalue weighted by Gasteiger charge is -2.12. The molecule has 0 atom stereocenters. The SMILES string of the molecule is O=C(C(=CCC=Cc1ccccc1)c1ccc(O)cc1)C(=CCC=Cc1ccccc1)c1ccc(O)cc1. The van der Waals surface area contributed by atoms with Crippen molar-refractivity contribution >= 4 is 29.1 Å². The smallest absolute Gasteiger partial charge is 0.193 e. The number of phenols is 2. The molecule has 3 heteroatoms. The number of aromatic hydroxyl groups is 2. The predicted octanol–water partition coefficient (Wildman–Crippen LogP) is 8.34. The molecule has 0 radical (unpaired) electrons. The van der Waals surface area contributed by atoms with E-state index in [-0.39, 0.29) is 17.3 Å². The van der Waals surface area contributed by atoms with E-state index < -0.39 is 0 Å². The van der Waals surface area contributed by atoms with E-state index >= 15 is 0 Å². The number of carbonyl (C=O) groups excluding carboxylic acids is 1. The van der Waals surface area contributed by atoms with Gasteiger partial charge in [-0.25, -0.2) is 0 Å². The molecule has 4 aromatic carbocycles. The highest BCUT2D eigenvalue weighted by atomic mass is 16.3. The fourth-order valence-electron chi connectivity index (χ4n) is 4.02. The Morgan fingerprint density at radius 2 is 0.895 bits per heavy atom. The van der Waals surface area contributed by atoms with Gasteiger partial charge >= 0.3 is 0 Å². The molecule has 0 spiro atoms. The third kappa shape index (κ3) is 7.55. The highest BCUT2D eigenvalue weighted by Crippen LogP contribution is 2.28. The summed E-state index contributed by atoms with van der Waals surface area (Å²) < 4.78 is 0. The number of allylic oxidation sites excluding steroid dienone is 6. The summed E-state index contributed by atoms with van der Waals surface area (Å²) in [6.07, 6.45) is 13.1. The van der Waals surface area contributed by atoms with Crippen LogP contribution in [0.25, 0.3) is 23.3 Å². The Balaban J connectivity index is 1.66. The first-order chi connectivity index (χ1) is 18.6. The maximum atomic E-state index is 14.0. The van der Waals surface area contributed by atoms with Gasteiger partial charge < -0.3 is 10.2 Å². The maximum absolute atomic E-state index is 14.0. The van der Waals surface area contributed by atoms with Gasteiger partial charge in [-0.05, 0) is 59.4 Å². The van der Waals surface area contributed by atoms with E-state index in [9.17, 15) is 15.0 Å². The molecular formula is C35H30O3. The van der Waals surface area contributed by atoms with E-state index in [1.165, 1.54) is 0 Å². The van der Waals surface area contributed by atoms with Gasteiger partial charge in [0.1, 0.15) is 11.5 Å².